The van der Waals surface area contributed by atoms with Gasteiger partial charge in [-0.05, 0) is 48.5 Å². The summed E-state index contributed by atoms with van der Waals surface area (Å²) in [6, 6.07) is 12.2. The van der Waals surface area contributed by atoms with Crippen LogP contribution in [0.25, 0.3) is 0 Å². The van der Waals surface area contributed by atoms with Crippen LogP contribution in [-0.2, 0) is 20.0 Å². The molecule has 23 heavy (non-hydrogen) atoms. The first-order valence-electron chi connectivity index (χ1n) is 6.58. The highest BCUT2D eigenvalue weighted by Crippen LogP contribution is 2.20. The Morgan fingerprint density at radius 3 is 1.57 bits per heavy atom. The zero-order valence-electron chi connectivity index (χ0n) is 12.6. The van der Waals surface area contributed by atoms with Crippen LogP contribution >= 0.6 is 0 Å². The molecule has 9 heteroatoms. The minimum absolute atomic E-state index is 0.134. The highest BCUT2D eigenvalue weighted by molar-refractivity contribution is 7.92. The molecule has 0 fully saturated rings. The zero-order chi connectivity index (χ0) is 17.1. The molecule has 0 amide bonds. The van der Waals surface area contributed by atoms with E-state index in [9.17, 15) is 16.8 Å². The molecule has 0 saturated carbocycles. The minimum atomic E-state index is -3.70. The van der Waals surface area contributed by atoms with Crippen molar-refractivity contribution in [1.82, 2.24) is 0 Å². The number of hydrogen-bond donors (Lipinski definition) is 3. The summed E-state index contributed by atoms with van der Waals surface area (Å²) in [5.74, 6) is 0. The van der Waals surface area contributed by atoms with Crippen LogP contribution in [0.15, 0.2) is 53.4 Å². The van der Waals surface area contributed by atoms with E-state index < -0.39 is 20.0 Å². The Labute approximate surface area is 135 Å². The lowest BCUT2D eigenvalue weighted by atomic mass is 10.3. The van der Waals surface area contributed by atoms with E-state index in [1.54, 1.807) is 19.2 Å². The normalized spacial score (nSPS) is 11.7. The molecule has 3 N–H and O–H groups in total. The smallest absolute Gasteiger partial charge is 0.261 e. The third-order valence-corrected chi connectivity index (χ3v) is 4.90. The second-order valence-electron chi connectivity index (χ2n) is 4.83. The van der Waals surface area contributed by atoms with Crippen molar-refractivity contribution in [1.29, 1.82) is 0 Å². The SMILES string of the molecule is CNc1ccc(S(=O)(=O)Nc2ccc(NS(C)(=O)=O)cc2)cc1. The van der Waals surface area contributed by atoms with E-state index in [-0.39, 0.29) is 4.90 Å². The summed E-state index contributed by atoms with van der Waals surface area (Å²) >= 11 is 0. The molecule has 0 saturated heterocycles. The Kier molecular flexibility index (Phi) is 4.81. The molecule has 2 aromatic carbocycles. The van der Waals surface area contributed by atoms with Crippen LogP contribution in [0.5, 0.6) is 0 Å². The Morgan fingerprint density at radius 2 is 1.13 bits per heavy atom. The van der Waals surface area contributed by atoms with E-state index in [2.05, 4.69) is 14.8 Å². The van der Waals surface area contributed by atoms with Crippen LogP contribution in [0, 0.1) is 0 Å². The highest BCUT2D eigenvalue weighted by Gasteiger charge is 2.14. The molecule has 7 nitrogen and oxygen atoms in total. The number of nitrogens with one attached hydrogen (secondary N) is 3. The van der Waals surface area contributed by atoms with Crippen molar-refractivity contribution in [3.63, 3.8) is 0 Å². The quantitative estimate of drug-likeness (QED) is 0.734. The van der Waals surface area contributed by atoms with Gasteiger partial charge >= 0.3 is 0 Å². The van der Waals surface area contributed by atoms with Crippen LogP contribution in [0.4, 0.5) is 17.1 Å². The molecule has 0 aliphatic rings. The van der Waals surface area contributed by atoms with E-state index in [0.717, 1.165) is 11.9 Å². The predicted molar refractivity (Wildman–Crippen MR) is 91.7 cm³/mol. The van der Waals surface area contributed by atoms with Crippen LogP contribution < -0.4 is 14.8 Å². The molecular weight excluding hydrogens is 338 g/mol. The fourth-order valence-corrected chi connectivity index (χ4v) is 3.46. The lowest BCUT2D eigenvalue weighted by Gasteiger charge is -2.10. The van der Waals surface area contributed by atoms with Gasteiger partial charge < -0.3 is 5.32 Å². The lowest BCUT2D eigenvalue weighted by molar-refractivity contribution is 0.600. The van der Waals surface area contributed by atoms with E-state index >= 15 is 0 Å². The molecule has 0 heterocycles. The van der Waals surface area contributed by atoms with Crippen molar-refractivity contribution in [2.24, 2.45) is 0 Å². The molecule has 2 rings (SSSR count). The first-order chi connectivity index (χ1) is 10.7. The van der Waals surface area contributed by atoms with Crippen LogP contribution in [0.2, 0.25) is 0 Å². The Morgan fingerprint density at radius 1 is 0.696 bits per heavy atom. The maximum atomic E-state index is 12.3. The molecule has 0 aliphatic heterocycles. The van der Waals surface area contributed by atoms with Crippen LogP contribution in [0.1, 0.15) is 0 Å². The van der Waals surface area contributed by atoms with Gasteiger partial charge in [-0.3, -0.25) is 9.44 Å². The van der Waals surface area contributed by atoms with Crippen molar-refractivity contribution in [2.45, 2.75) is 4.90 Å². The molecule has 0 spiro atoms. The van der Waals surface area contributed by atoms with Gasteiger partial charge in [0.25, 0.3) is 10.0 Å². The molecule has 124 valence electrons. The molecule has 0 aliphatic carbocycles. The lowest BCUT2D eigenvalue weighted by Crippen LogP contribution is -2.13. The summed E-state index contributed by atoms with van der Waals surface area (Å²) in [6.07, 6.45) is 1.04. The minimum Gasteiger partial charge on any atom is -0.388 e. The standard InChI is InChI=1S/C14H17N3O4S2/c1-15-11-7-9-14(10-8-11)23(20,21)17-13-5-3-12(4-6-13)16-22(2,18)19/h3-10,15-17H,1-2H3. The average Bonchev–Trinajstić information content (AvgIpc) is 2.48. The van der Waals surface area contributed by atoms with Gasteiger partial charge in [-0.25, -0.2) is 16.8 Å². The second kappa shape index (κ2) is 6.47. The first-order valence-corrected chi connectivity index (χ1v) is 9.95. The molecule has 0 bridgehead atoms. The summed E-state index contributed by atoms with van der Waals surface area (Å²) < 4.78 is 51.5. The van der Waals surface area contributed by atoms with Crippen LogP contribution in [-0.4, -0.2) is 30.1 Å². The van der Waals surface area contributed by atoms with Crippen molar-refractivity contribution in [2.75, 3.05) is 28.1 Å². The van der Waals surface area contributed by atoms with E-state index in [4.69, 9.17) is 0 Å². The molecule has 0 aromatic heterocycles. The van der Waals surface area contributed by atoms with Crippen molar-refractivity contribution in [3.05, 3.63) is 48.5 Å². The zero-order valence-corrected chi connectivity index (χ0v) is 14.2. The fraction of sp³-hybridized carbons (Fsp3) is 0.143. The van der Waals surface area contributed by atoms with Crippen molar-refractivity contribution < 1.29 is 16.8 Å². The Hall–Kier alpha value is -2.26. The highest BCUT2D eigenvalue weighted by atomic mass is 32.2. The molecule has 0 atom stereocenters. The number of benzene rings is 2. The largest absolute Gasteiger partial charge is 0.388 e. The van der Waals surface area contributed by atoms with E-state index in [1.165, 1.54) is 36.4 Å². The maximum absolute atomic E-state index is 12.3. The van der Waals surface area contributed by atoms with Gasteiger partial charge in [0.05, 0.1) is 11.2 Å². The van der Waals surface area contributed by atoms with Gasteiger partial charge in [-0.2, -0.15) is 0 Å². The monoisotopic (exact) mass is 355 g/mol. The van der Waals surface area contributed by atoms with Crippen molar-refractivity contribution in [3.8, 4) is 0 Å². The summed E-state index contributed by atoms with van der Waals surface area (Å²) in [6.45, 7) is 0. The number of hydrogen-bond acceptors (Lipinski definition) is 5. The van der Waals surface area contributed by atoms with Gasteiger partial charge in [0, 0.05) is 24.1 Å². The number of sulfonamides is 2. The molecule has 0 unspecified atom stereocenters. The van der Waals surface area contributed by atoms with Crippen LogP contribution in [0.3, 0.4) is 0 Å². The predicted octanol–water partition coefficient (Wildman–Crippen LogP) is 1.90. The molecular formula is C14H17N3O4S2. The molecule has 0 radical (unpaired) electrons. The second-order valence-corrected chi connectivity index (χ2v) is 8.26. The topological polar surface area (TPSA) is 104 Å². The first kappa shape index (κ1) is 17.1. The van der Waals surface area contributed by atoms with E-state index in [0.29, 0.717) is 11.4 Å². The average molecular weight is 355 g/mol. The van der Waals surface area contributed by atoms with Gasteiger partial charge in [0.2, 0.25) is 10.0 Å². The van der Waals surface area contributed by atoms with Gasteiger partial charge in [-0.1, -0.05) is 0 Å². The molecule has 2 aromatic rings. The van der Waals surface area contributed by atoms with Gasteiger partial charge in [0.15, 0.2) is 0 Å². The summed E-state index contributed by atoms with van der Waals surface area (Å²) in [7, 11) is -5.33. The summed E-state index contributed by atoms with van der Waals surface area (Å²) in [4.78, 5) is 0.134. The van der Waals surface area contributed by atoms with E-state index in [1.807, 2.05) is 0 Å². The number of rotatable bonds is 6. The summed E-state index contributed by atoms with van der Waals surface area (Å²) in [5.41, 5.74) is 1.50. The van der Waals surface area contributed by atoms with Gasteiger partial charge in [-0.15, -0.1) is 0 Å². The fourth-order valence-electron chi connectivity index (χ4n) is 1.84. The number of anilines is 3. The third kappa shape index (κ3) is 4.86. The third-order valence-electron chi connectivity index (χ3n) is 2.89. The van der Waals surface area contributed by atoms with Crippen molar-refractivity contribution >= 4 is 37.1 Å². The van der Waals surface area contributed by atoms with Gasteiger partial charge in [0.1, 0.15) is 0 Å². The maximum Gasteiger partial charge on any atom is 0.261 e. The summed E-state index contributed by atoms with van der Waals surface area (Å²) in [5, 5.41) is 2.91. The Bertz CT molecular complexity index is 875. The Balaban J connectivity index is 2.16.